The standard InChI is InChI=1S/C24H42O/c1-3-5-7-9-10-11-12-13-15-19-22(18-14-8-6-4-2)23-20-16-17-21-24(23)25/h16-17,20-22,25H,3-15,18-19H2,1-2H3. The molecule has 0 saturated carbocycles. The third kappa shape index (κ3) is 10.6. The van der Waals surface area contributed by atoms with Crippen molar-refractivity contribution in [1.29, 1.82) is 0 Å². The highest BCUT2D eigenvalue weighted by Gasteiger charge is 2.14. The summed E-state index contributed by atoms with van der Waals surface area (Å²) in [5, 5.41) is 10.2. The molecule has 144 valence electrons. The second kappa shape index (κ2) is 15.3. The summed E-state index contributed by atoms with van der Waals surface area (Å²) in [6, 6.07) is 7.99. The Bertz CT molecular complexity index is 412. The van der Waals surface area contributed by atoms with Crippen LogP contribution in [-0.2, 0) is 0 Å². The number of hydrogen-bond acceptors (Lipinski definition) is 1. The Labute approximate surface area is 157 Å². The number of para-hydroxylation sites is 1. The van der Waals surface area contributed by atoms with Crippen LogP contribution < -0.4 is 0 Å². The lowest BCUT2D eigenvalue weighted by Gasteiger charge is -2.18. The highest BCUT2D eigenvalue weighted by Crippen LogP contribution is 2.33. The Morgan fingerprint density at radius 3 is 1.60 bits per heavy atom. The van der Waals surface area contributed by atoms with Crippen molar-refractivity contribution in [2.75, 3.05) is 0 Å². The van der Waals surface area contributed by atoms with Crippen LogP contribution in [0.5, 0.6) is 5.75 Å². The molecule has 1 heteroatoms. The number of phenols is 1. The zero-order valence-corrected chi connectivity index (χ0v) is 16.9. The minimum absolute atomic E-state index is 0.499. The predicted molar refractivity (Wildman–Crippen MR) is 111 cm³/mol. The van der Waals surface area contributed by atoms with Crippen molar-refractivity contribution in [3.63, 3.8) is 0 Å². The van der Waals surface area contributed by atoms with E-state index in [-0.39, 0.29) is 0 Å². The van der Waals surface area contributed by atoms with Crippen LogP contribution in [0.4, 0.5) is 0 Å². The first-order valence-corrected chi connectivity index (χ1v) is 11.1. The van der Waals surface area contributed by atoms with E-state index in [0.717, 1.165) is 0 Å². The first kappa shape index (κ1) is 22.1. The van der Waals surface area contributed by atoms with Crippen LogP contribution in [0.15, 0.2) is 24.3 Å². The van der Waals surface area contributed by atoms with E-state index < -0.39 is 0 Å². The maximum Gasteiger partial charge on any atom is 0.119 e. The molecule has 1 N–H and O–H groups in total. The average Bonchev–Trinajstić information content (AvgIpc) is 2.63. The van der Waals surface area contributed by atoms with Crippen LogP contribution in [0.3, 0.4) is 0 Å². The highest BCUT2D eigenvalue weighted by atomic mass is 16.3. The van der Waals surface area contributed by atoms with Crippen LogP contribution in [-0.4, -0.2) is 5.11 Å². The van der Waals surface area contributed by atoms with Gasteiger partial charge in [-0.25, -0.2) is 0 Å². The molecule has 0 spiro atoms. The van der Waals surface area contributed by atoms with E-state index in [0.29, 0.717) is 11.7 Å². The van der Waals surface area contributed by atoms with E-state index in [4.69, 9.17) is 0 Å². The normalized spacial score (nSPS) is 12.4. The monoisotopic (exact) mass is 346 g/mol. The van der Waals surface area contributed by atoms with Gasteiger partial charge in [0.05, 0.1) is 0 Å². The van der Waals surface area contributed by atoms with E-state index in [1.165, 1.54) is 102 Å². The molecule has 0 bridgehead atoms. The van der Waals surface area contributed by atoms with Crippen molar-refractivity contribution in [3.8, 4) is 5.75 Å². The number of aromatic hydroxyl groups is 1. The first-order valence-electron chi connectivity index (χ1n) is 11.1. The smallest absolute Gasteiger partial charge is 0.119 e. The molecule has 25 heavy (non-hydrogen) atoms. The number of hydrogen-bond donors (Lipinski definition) is 1. The van der Waals surface area contributed by atoms with Crippen molar-refractivity contribution in [2.24, 2.45) is 0 Å². The molecule has 0 saturated heterocycles. The summed E-state index contributed by atoms with van der Waals surface area (Å²) in [5.41, 5.74) is 1.18. The Morgan fingerprint density at radius 2 is 1.08 bits per heavy atom. The lowest BCUT2D eigenvalue weighted by Crippen LogP contribution is -2.00. The fourth-order valence-electron chi connectivity index (χ4n) is 3.81. The van der Waals surface area contributed by atoms with Crippen LogP contribution >= 0.6 is 0 Å². The van der Waals surface area contributed by atoms with E-state index in [9.17, 15) is 5.11 Å². The van der Waals surface area contributed by atoms with Gasteiger partial charge in [-0.1, -0.05) is 116 Å². The summed E-state index contributed by atoms with van der Waals surface area (Å²) >= 11 is 0. The lowest BCUT2D eigenvalue weighted by molar-refractivity contribution is 0.439. The second-order valence-corrected chi connectivity index (χ2v) is 7.72. The molecule has 1 aromatic carbocycles. The third-order valence-electron chi connectivity index (χ3n) is 5.44. The van der Waals surface area contributed by atoms with Crippen molar-refractivity contribution in [2.45, 2.75) is 116 Å². The minimum atomic E-state index is 0.499. The first-order chi connectivity index (χ1) is 12.3. The summed E-state index contributed by atoms with van der Waals surface area (Å²) < 4.78 is 0. The highest BCUT2D eigenvalue weighted by molar-refractivity contribution is 5.34. The molecular weight excluding hydrogens is 304 g/mol. The zero-order valence-electron chi connectivity index (χ0n) is 16.9. The summed E-state index contributed by atoms with van der Waals surface area (Å²) in [5.74, 6) is 1.04. The van der Waals surface area contributed by atoms with Crippen LogP contribution in [0.25, 0.3) is 0 Å². The third-order valence-corrected chi connectivity index (χ3v) is 5.44. The van der Waals surface area contributed by atoms with Crippen molar-refractivity contribution < 1.29 is 5.11 Å². The minimum Gasteiger partial charge on any atom is -0.508 e. The van der Waals surface area contributed by atoms with Gasteiger partial charge in [0.15, 0.2) is 0 Å². The van der Waals surface area contributed by atoms with Gasteiger partial charge in [-0.05, 0) is 30.4 Å². The van der Waals surface area contributed by atoms with Gasteiger partial charge in [0.25, 0.3) is 0 Å². The van der Waals surface area contributed by atoms with Crippen LogP contribution in [0.2, 0.25) is 0 Å². The Balaban J connectivity index is 2.27. The van der Waals surface area contributed by atoms with Crippen molar-refractivity contribution in [3.05, 3.63) is 29.8 Å². The number of unbranched alkanes of at least 4 members (excludes halogenated alkanes) is 11. The van der Waals surface area contributed by atoms with Gasteiger partial charge >= 0.3 is 0 Å². The van der Waals surface area contributed by atoms with E-state index in [2.05, 4.69) is 26.0 Å². The molecule has 1 atom stereocenters. The fourth-order valence-corrected chi connectivity index (χ4v) is 3.81. The number of phenolic OH excluding ortho intramolecular Hbond substituents is 1. The van der Waals surface area contributed by atoms with Gasteiger partial charge < -0.3 is 5.11 Å². The van der Waals surface area contributed by atoms with Crippen molar-refractivity contribution in [1.82, 2.24) is 0 Å². The van der Waals surface area contributed by atoms with Gasteiger partial charge in [0.1, 0.15) is 5.75 Å². The summed E-state index contributed by atoms with van der Waals surface area (Å²) in [4.78, 5) is 0. The van der Waals surface area contributed by atoms with E-state index >= 15 is 0 Å². The van der Waals surface area contributed by atoms with Gasteiger partial charge in [-0.2, -0.15) is 0 Å². The molecule has 0 aliphatic heterocycles. The number of rotatable bonds is 16. The molecule has 0 heterocycles. The predicted octanol–water partition coefficient (Wildman–Crippen LogP) is 8.37. The van der Waals surface area contributed by atoms with Crippen LogP contribution in [0, 0.1) is 0 Å². The van der Waals surface area contributed by atoms with E-state index in [1.807, 2.05) is 12.1 Å². The van der Waals surface area contributed by atoms with Gasteiger partial charge in [0.2, 0.25) is 0 Å². The molecule has 0 radical (unpaired) electrons. The molecule has 1 nitrogen and oxygen atoms in total. The van der Waals surface area contributed by atoms with Crippen LogP contribution in [0.1, 0.15) is 122 Å². The summed E-state index contributed by atoms with van der Waals surface area (Å²) in [6.07, 6.45) is 20.2. The topological polar surface area (TPSA) is 20.2 Å². The SMILES string of the molecule is CCCCCCCCCCCC(CCCCCC)c1ccccc1O. The molecule has 1 rings (SSSR count). The van der Waals surface area contributed by atoms with Crippen molar-refractivity contribution >= 4 is 0 Å². The van der Waals surface area contributed by atoms with Gasteiger partial charge in [-0.3, -0.25) is 0 Å². The molecule has 1 unspecified atom stereocenters. The molecular formula is C24H42O. The Morgan fingerprint density at radius 1 is 0.640 bits per heavy atom. The Kier molecular flexibility index (Phi) is 13.5. The largest absolute Gasteiger partial charge is 0.508 e. The lowest BCUT2D eigenvalue weighted by atomic mass is 9.87. The Hall–Kier alpha value is -0.980. The molecule has 1 aromatic rings. The maximum absolute atomic E-state index is 10.2. The molecule has 0 aliphatic carbocycles. The zero-order chi connectivity index (χ0) is 18.2. The molecule has 0 aromatic heterocycles. The number of benzene rings is 1. The molecule has 0 aliphatic rings. The molecule has 0 fully saturated rings. The maximum atomic E-state index is 10.2. The summed E-state index contributed by atoms with van der Waals surface area (Å²) in [7, 11) is 0. The quantitative estimate of drug-likeness (QED) is 0.298. The molecule has 0 amide bonds. The van der Waals surface area contributed by atoms with E-state index in [1.54, 1.807) is 0 Å². The second-order valence-electron chi connectivity index (χ2n) is 7.72. The summed E-state index contributed by atoms with van der Waals surface area (Å²) in [6.45, 7) is 4.55. The fraction of sp³-hybridized carbons (Fsp3) is 0.750. The van der Waals surface area contributed by atoms with Gasteiger partial charge in [-0.15, -0.1) is 0 Å². The van der Waals surface area contributed by atoms with Gasteiger partial charge in [0, 0.05) is 0 Å². The average molecular weight is 347 g/mol.